The minimum Gasteiger partial charge on any atom is -0.348 e. The normalized spacial score (nSPS) is 16.4. The number of carbonyl (C=O) groups is 3. The molecule has 8 heteroatoms. The van der Waals surface area contributed by atoms with Crippen LogP contribution in [0.3, 0.4) is 0 Å². The summed E-state index contributed by atoms with van der Waals surface area (Å²) in [6.07, 6.45) is 0.862. The van der Waals surface area contributed by atoms with Crippen molar-refractivity contribution < 1.29 is 14.4 Å². The molecule has 3 amide bonds. The number of hydrogen-bond donors (Lipinski definition) is 2. The first-order valence-corrected chi connectivity index (χ1v) is 13.8. The first-order valence-electron chi connectivity index (χ1n) is 12.9. The van der Waals surface area contributed by atoms with Crippen LogP contribution in [0.4, 0.5) is 0 Å². The summed E-state index contributed by atoms with van der Waals surface area (Å²) in [4.78, 5) is 42.9. The number of hydrogen-bond acceptors (Lipinski definition) is 4. The molecule has 7 nitrogen and oxygen atoms in total. The summed E-state index contributed by atoms with van der Waals surface area (Å²) >= 11 is 1.49. The van der Waals surface area contributed by atoms with Crippen molar-refractivity contribution >= 4 is 40.0 Å². The number of fused-ring (bicyclic) bond motifs is 2. The second kappa shape index (κ2) is 10.5. The Bertz CT molecular complexity index is 1510. The highest BCUT2D eigenvalue weighted by atomic mass is 32.1. The van der Waals surface area contributed by atoms with E-state index in [0.717, 1.165) is 32.6 Å². The van der Waals surface area contributed by atoms with Crippen molar-refractivity contribution in [1.82, 2.24) is 20.3 Å². The molecule has 0 saturated heterocycles. The van der Waals surface area contributed by atoms with Gasteiger partial charge < -0.3 is 9.47 Å². The average Bonchev–Trinajstić information content (AvgIpc) is 3.60. The lowest BCUT2D eigenvalue weighted by Gasteiger charge is -2.36. The van der Waals surface area contributed by atoms with Crippen molar-refractivity contribution in [2.24, 2.45) is 13.0 Å². The number of amides is 3. The van der Waals surface area contributed by atoms with Crippen LogP contribution in [0.1, 0.15) is 58.4 Å². The predicted molar refractivity (Wildman–Crippen MR) is 150 cm³/mol. The maximum absolute atomic E-state index is 14.0. The Morgan fingerprint density at radius 3 is 2.50 bits per heavy atom. The van der Waals surface area contributed by atoms with E-state index in [1.807, 2.05) is 74.8 Å². The van der Waals surface area contributed by atoms with E-state index in [0.29, 0.717) is 12.0 Å². The van der Waals surface area contributed by atoms with E-state index in [-0.39, 0.29) is 24.2 Å². The molecule has 2 aromatic carbocycles. The Balaban J connectivity index is 1.55. The van der Waals surface area contributed by atoms with Crippen molar-refractivity contribution in [2.75, 3.05) is 0 Å². The van der Waals surface area contributed by atoms with Crippen LogP contribution in [0.15, 0.2) is 66.0 Å². The summed E-state index contributed by atoms with van der Waals surface area (Å²) in [5.74, 6) is -1.03. The number of hydrazine groups is 1. The van der Waals surface area contributed by atoms with Crippen molar-refractivity contribution in [1.29, 1.82) is 0 Å². The lowest BCUT2D eigenvalue weighted by molar-refractivity contribution is -0.133. The monoisotopic (exact) mass is 528 g/mol. The molecule has 0 spiro atoms. The van der Waals surface area contributed by atoms with Crippen LogP contribution in [-0.4, -0.2) is 33.2 Å². The van der Waals surface area contributed by atoms with Gasteiger partial charge in [0.05, 0.1) is 12.5 Å². The van der Waals surface area contributed by atoms with Crippen LogP contribution < -0.4 is 10.9 Å². The Labute approximate surface area is 226 Å². The van der Waals surface area contributed by atoms with Gasteiger partial charge in [-0.15, -0.1) is 11.3 Å². The molecule has 0 aliphatic carbocycles. The number of aromatic nitrogens is 1. The standard InChI is InChI=1S/C30H32N4O3S/c1-5-18(2)27(29(36)32-31-25(35)17-20-11-10-16-38-20)34-28(21-12-6-7-13-22(21)30(34)37)26-19(3)33(4)24-15-9-8-14-23(24)26/h6-16,18,27-28H,5,17H2,1-4H3,(H,31,35)(H,32,36). The Morgan fingerprint density at radius 2 is 1.76 bits per heavy atom. The van der Waals surface area contributed by atoms with Gasteiger partial charge in [-0.25, -0.2) is 0 Å². The summed E-state index contributed by atoms with van der Waals surface area (Å²) < 4.78 is 2.14. The van der Waals surface area contributed by atoms with Gasteiger partial charge in [0, 0.05) is 39.6 Å². The fraction of sp³-hybridized carbons (Fsp3) is 0.300. The molecule has 196 valence electrons. The smallest absolute Gasteiger partial charge is 0.261 e. The number of thiophene rings is 1. The molecule has 0 bridgehead atoms. The molecular weight excluding hydrogens is 496 g/mol. The second-order valence-electron chi connectivity index (χ2n) is 9.90. The van der Waals surface area contributed by atoms with Gasteiger partial charge >= 0.3 is 0 Å². The van der Waals surface area contributed by atoms with Gasteiger partial charge in [0.15, 0.2) is 0 Å². The maximum atomic E-state index is 14.0. The van der Waals surface area contributed by atoms with E-state index in [1.54, 1.807) is 4.90 Å². The summed E-state index contributed by atoms with van der Waals surface area (Å²) in [5, 5.41) is 2.96. The predicted octanol–water partition coefficient (Wildman–Crippen LogP) is 4.90. The maximum Gasteiger partial charge on any atom is 0.261 e. The van der Waals surface area contributed by atoms with Crippen LogP contribution in [-0.2, 0) is 23.1 Å². The molecule has 2 N–H and O–H groups in total. The molecule has 0 saturated carbocycles. The third-order valence-corrected chi connectivity index (χ3v) is 8.59. The third-order valence-electron chi connectivity index (χ3n) is 7.71. The zero-order chi connectivity index (χ0) is 27.0. The lowest BCUT2D eigenvalue weighted by atomic mass is 9.91. The highest BCUT2D eigenvalue weighted by Crippen LogP contribution is 2.45. The minimum absolute atomic E-state index is 0.153. The number of aryl methyl sites for hydroxylation is 1. The largest absolute Gasteiger partial charge is 0.348 e. The molecule has 0 fully saturated rings. The van der Waals surface area contributed by atoms with Crippen molar-refractivity contribution in [2.45, 2.75) is 45.7 Å². The van der Waals surface area contributed by atoms with Crippen LogP contribution in [0.2, 0.25) is 0 Å². The zero-order valence-electron chi connectivity index (χ0n) is 22.0. The lowest BCUT2D eigenvalue weighted by Crippen LogP contribution is -2.56. The Morgan fingerprint density at radius 1 is 1.03 bits per heavy atom. The van der Waals surface area contributed by atoms with Crippen LogP contribution in [0.5, 0.6) is 0 Å². The number of nitrogens with one attached hydrogen (secondary N) is 2. The van der Waals surface area contributed by atoms with Gasteiger partial charge in [-0.05, 0) is 42.0 Å². The molecule has 3 atom stereocenters. The van der Waals surface area contributed by atoms with Gasteiger partial charge in [0.2, 0.25) is 5.91 Å². The molecule has 1 aliphatic rings. The van der Waals surface area contributed by atoms with E-state index in [1.165, 1.54) is 11.3 Å². The topological polar surface area (TPSA) is 83.4 Å². The van der Waals surface area contributed by atoms with E-state index in [2.05, 4.69) is 34.5 Å². The fourth-order valence-corrected chi connectivity index (χ4v) is 6.22. The summed E-state index contributed by atoms with van der Waals surface area (Å²) in [6.45, 7) is 6.04. The highest BCUT2D eigenvalue weighted by Gasteiger charge is 2.47. The molecule has 3 heterocycles. The molecule has 4 aromatic rings. The Kier molecular flexibility index (Phi) is 7.08. The highest BCUT2D eigenvalue weighted by molar-refractivity contribution is 7.10. The SMILES string of the molecule is CCC(C)C(C(=O)NNC(=O)Cc1cccs1)N1C(=O)c2ccccc2C1c1c(C)n(C)c2ccccc12. The first kappa shape index (κ1) is 25.7. The van der Waals surface area contributed by atoms with Crippen molar-refractivity contribution in [3.63, 3.8) is 0 Å². The molecule has 5 rings (SSSR count). The summed E-state index contributed by atoms with van der Waals surface area (Å²) in [5.41, 5.74) is 9.82. The van der Waals surface area contributed by atoms with Gasteiger partial charge in [-0.2, -0.15) is 0 Å². The van der Waals surface area contributed by atoms with Crippen LogP contribution >= 0.6 is 11.3 Å². The Hall–Kier alpha value is -3.91. The molecule has 3 unspecified atom stereocenters. The van der Waals surface area contributed by atoms with E-state index < -0.39 is 18.0 Å². The zero-order valence-corrected chi connectivity index (χ0v) is 22.8. The molecule has 1 aliphatic heterocycles. The number of para-hydroxylation sites is 1. The molecule has 38 heavy (non-hydrogen) atoms. The third kappa shape index (κ3) is 4.39. The number of benzene rings is 2. The van der Waals surface area contributed by atoms with Crippen LogP contribution in [0.25, 0.3) is 10.9 Å². The molecule has 0 radical (unpaired) electrons. The van der Waals surface area contributed by atoms with Crippen molar-refractivity contribution in [3.05, 3.63) is 93.3 Å². The number of rotatable bonds is 7. The molecular formula is C30H32N4O3S. The van der Waals surface area contributed by atoms with Crippen molar-refractivity contribution in [3.8, 4) is 0 Å². The number of nitrogens with zero attached hydrogens (tertiary/aromatic N) is 2. The average molecular weight is 529 g/mol. The fourth-order valence-electron chi connectivity index (χ4n) is 5.52. The first-order chi connectivity index (χ1) is 18.3. The van der Waals surface area contributed by atoms with E-state index in [9.17, 15) is 14.4 Å². The van der Waals surface area contributed by atoms with Gasteiger partial charge in [0.25, 0.3) is 11.8 Å². The van der Waals surface area contributed by atoms with E-state index >= 15 is 0 Å². The van der Waals surface area contributed by atoms with Gasteiger partial charge in [0.1, 0.15) is 6.04 Å². The van der Waals surface area contributed by atoms with Crippen LogP contribution in [0, 0.1) is 12.8 Å². The minimum atomic E-state index is -0.787. The second-order valence-corrected chi connectivity index (χ2v) is 10.9. The number of carbonyl (C=O) groups excluding carboxylic acids is 3. The van der Waals surface area contributed by atoms with Gasteiger partial charge in [-0.1, -0.05) is 62.7 Å². The van der Waals surface area contributed by atoms with Gasteiger partial charge in [-0.3, -0.25) is 25.2 Å². The quantitative estimate of drug-likeness (QED) is 0.335. The van der Waals surface area contributed by atoms with E-state index in [4.69, 9.17) is 0 Å². The summed E-state index contributed by atoms with van der Waals surface area (Å²) in [6, 6.07) is 18.3. The molecule has 2 aromatic heterocycles. The summed E-state index contributed by atoms with van der Waals surface area (Å²) in [7, 11) is 2.02.